The molecule has 3 unspecified atom stereocenters. The number of rotatable bonds is 47. The standard InChI is InChI=1S/C54H101NO5/c1-4-7-10-13-16-19-22-24-26-28-31-34-37-40-43-46-52(57)51(49-56)55-53(58)48-50(45-42-39-36-33-30-21-18-15-12-9-6-3)60-54(59)47-44-41-38-35-32-29-27-25-23-20-17-14-11-8-5-2/h20,23,33,36,42,45,50-52,56-57H,4-19,21-22,24-32,34-35,37-41,43-44,46-49H2,1-3H3,(H,55,58)/b23-20-,36-33-,45-42+. The number of aliphatic hydroxyl groups excluding tert-OH is 2. The fraction of sp³-hybridized carbons (Fsp3) is 0.852. The molecule has 60 heavy (non-hydrogen) atoms. The van der Waals surface area contributed by atoms with Crippen molar-refractivity contribution < 1.29 is 24.5 Å². The first-order valence-electron chi connectivity index (χ1n) is 26.2. The molecule has 0 aromatic rings. The van der Waals surface area contributed by atoms with Crippen molar-refractivity contribution in [1.82, 2.24) is 5.32 Å². The zero-order valence-electron chi connectivity index (χ0n) is 40.1. The van der Waals surface area contributed by atoms with Gasteiger partial charge in [0.05, 0.1) is 25.2 Å². The predicted octanol–water partition coefficient (Wildman–Crippen LogP) is 15.7. The topological polar surface area (TPSA) is 95.9 Å². The smallest absolute Gasteiger partial charge is 0.306 e. The maximum Gasteiger partial charge on any atom is 0.306 e. The van der Waals surface area contributed by atoms with Gasteiger partial charge in [-0.3, -0.25) is 9.59 Å². The molecule has 0 heterocycles. The molecule has 0 bridgehead atoms. The Labute approximate surface area is 373 Å². The van der Waals surface area contributed by atoms with Crippen LogP contribution in [0.15, 0.2) is 36.5 Å². The van der Waals surface area contributed by atoms with Crippen LogP contribution in [0.1, 0.15) is 271 Å². The predicted molar refractivity (Wildman–Crippen MR) is 259 cm³/mol. The number of esters is 1. The average Bonchev–Trinajstić information content (AvgIpc) is 3.24. The van der Waals surface area contributed by atoms with E-state index < -0.39 is 18.2 Å². The van der Waals surface area contributed by atoms with E-state index in [0.717, 1.165) is 51.4 Å². The summed E-state index contributed by atoms with van der Waals surface area (Å²) in [5.74, 6) is -0.599. The van der Waals surface area contributed by atoms with Gasteiger partial charge in [-0.2, -0.15) is 0 Å². The van der Waals surface area contributed by atoms with Gasteiger partial charge in [0.2, 0.25) is 5.91 Å². The Morgan fingerprint density at radius 1 is 0.500 bits per heavy atom. The molecule has 0 aromatic carbocycles. The van der Waals surface area contributed by atoms with Gasteiger partial charge in [0.1, 0.15) is 6.10 Å². The number of carbonyl (C=O) groups excluding carboxylic acids is 2. The van der Waals surface area contributed by atoms with Crippen molar-refractivity contribution in [2.45, 2.75) is 289 Å². The molecule has 0 fully saturated rings. The van der Waals surface area contributed by atoms with Gasteiger partial charge in [-0.25, -0.2) is 0 Å². The summed E-state index contributed by atoms with van der Waals surface area (Å²) in [7, 11) is 0. The highest BCUT2D eigenvalue weighted by Crippen LogP contribution is 2.16. The molecule has 0 rings (SSSR count). The van der Waals surface area contributed by atoms with Crippen molar-refractivity contribution in [1.29, 1.82) is 0 Å². The van der Waals surface area contributed by atoms with Gasteiger partial charge in [0, 0.05) is 6.42 Å². The van der Waals surface area contributed by atoms with Gasteiger partial charge in [0.25, 0.3) is 0 Å². The third-order valence-electron chi connectivity index (χ3n) is 11.9. The van der Waals surface area contributed by atoms with E-state index >= 15 is 0 Å². The largest absolute Gasteiger partial charge is 0.458 e. The maximum atomic E-state index is 13.2. The lowest BCUT2D eigenvalue weighted by atomic mass is 10.0. The fourth-order valence-electron chi connectivity index (χ4n) is 7.92. The van der Waals surface area contributed by atoms with Crippen LogP contribution in [0.25, 0.3) is 0 Å². The molecule has 6 heteroatoms. The summed E-state index contributed by atoms with van der Waals surface area (Å²) < 4.78 is 5.83. The molecular formula is C54H101NO5. The van der Waals surface area contributed by atoms with E-state index in [1.54, 1.807) is 0 Å². The Kier molecular flexibility index (Phi) is 46.6. The Bertz CT molecular complexity index is 993. The minimum absolute atomic E-state index is 0.0278. The molecule has 3 N–H and O–H groups in total. The van der Waals surface area contributed by atoms with E-state index in [4.69, 9.17) is 4.74 Å². The number of unbranched alkanes of at least 4 members (excludes halogenated alkanes) is 31. The number of nitrogens with one attached hydrogen (secondary N) is 1. The van der Waals surface area contributed by atoms with Crippen molar-refractivity contribution >= 4 is 11.9 Å². The average molecular weight is 844 g/mol. The summed E-state index contributed by atoms with van der Waals surface area (Å²) in [5, 5.41) is 23.7. The normalized spacial score (nSPS) is 13.5. The maximum absolute atomic E-state index is 13.2. The Balaban J connectivity index is 4.57. The van der Waals surface area contributed by atoms with Crippen LogP contribution in [0.5, 0.6) is 0 Å². The number of ether oxygens (including phenoxy) is 1. The van der Waals surface area contributed by atoms with Gasteiger partial charge in [-0.05, 0) is 63.9 Å². The summed E-state index contributed by atoms with van der Waals surface area (Å²) in [6.07, 6.45) is 56.6. The van der Waals surface area contributed by atoms with Crippen molar-refractivity contribution in [2.24, 2.45) is 0 Å². The van der Waals surface area contributed by atoms with Gasteiger partial charge >= 0.3 is 5.97 Å². The lowest BCUT2D eigenvalue weighted by Crippen LogP contribution is -2.46. The van der Waals surface area contributed by atoms with E-state index in [0.29, 0.717) is 12.8 Å². The number of hydrogen-bond donors (Lipinski definition) is 3. The number of carbonyl (C=O) groups is 2. The number of amides is 1. The number of aliphatic hydroxyl groups is 2. The highest BCUT2D eigenvalue weighted by atomic mass is 16.5. The van der Waals surface area contributed by atoms with E-state index in [1.807, 2.05) is 12.2 Å². The van der Waals surface area contributed by atoms with Crippen LogP contribution < -0.4 is 5.32 Å². The molecule has 352 valence electrons. The quantitative estimate of drug-likeness (QED) is 0.0322. The summed E-state index contributed by atoms with van der Waals surface area (Å²) in [4.78, 5) is 26.0. The molecule has 0 radical (unpaired) electrons. The van der Waals surface area contributed by atoms with E-state index in [1.165, 1.54) is 180 Å². The van der Waals surface area contributed by atoms with Crippen molar-refractivity contribution in [3.8, 4) is 0 Å². The SMILES string of the molecule is CCCCCC/C=C\CCCCCCCCCC(=O)OC(/C=C/C/C=C\CCCCCCCC)CC(=O)NC(CO)C(O)CCCCCCCCCCCCCCCCC. The summed E-state index contributed by atoms with van der Waals surface area (Å²) in [6.45, 7) is 6.44. The number of allylic oxidation sites excluding steroid dienone is 5. The molecule has 0 saturated carbocycles. The first-order valence-corrected chi connectivity index (χ1v) is 26.2. The van der Waals surface area contributed by atoms with Gasteiger partial charge < -0.3 is 20.3 Å². The molecule has 0 aromatic heterocycles. The highest BCUT2D eigenvalue weighted by molar-refractivity contribution is 5.78. The van der Waals surface area contributed by atoms with Crippen LogP contribution in [0, 0.1) is 0 Å². The summed E-state index contributed by atoms with van der Waals surface area (Å²) in [6, 6.07) is -0.730. The second kappa shape index (κ2) is 48.1. The minimum Gasteiger partial charge on any atom is -0.458 e. The van der Waals surface area contributed by atoms with E-state index in [9.17, 15) is 19.8 Å². The van der Waals surface area contributed by atoms with Crippen LogP contribution in [0.2, 0.25) is 0 Å². The number of hydrogen-bond acceptors (Lipinski definition) is 5. The first-order chi connectivity index (χ1) is 29.5. The van der Waals surface area contributed by atoms with E-state index in [2.05, 4.69) is 50.4 Å². The highest BCUT2D eigenvalue weighted by Gasteiger charge is 2.23. The lowest BCUT2D eigenvalue weighted by molar-refractivity contribution is -0.148. The van der Waals surface area contributed by atoms with Crippen LogP contribution in [-0.4, -0.2) is 46.9 Å². The van der Waals surface area contributed by atoms with Crippen LogP contribution >= 0.6 is 0 Å². The van der Waals surface area contributed by atoms with Crippen molar-refractivity contribution in [2.75, 3.05) is 6.61 Å². The zero-order chi connectivity index (χ0) is 43.8. The summed E-state index contributed by atoms with van der Waals surface area (Å²) in [5.41, 5.74) is 0. The fourth-order valence-corrected chi connectivity index (χ4v) is 7.92. The molecule has 0 spiro atoms. The second-order valence-electron chi connectivity index (χ2n) is 17.9. The monoisotopic (exact) mass is 844 g/mol. The minimum atomic E-state index is -0.809. The molecule has 3 atom stereocenters. The second-order valence-corrected chi connectivity index (χ2v) is 17.9. The lowest BCUT2D eigenvalue weighted by Gasteiger charge is -2.23. The molecule has 6 nitrogen and oxygen atoms in total. The molecule has 1 amide bonds. The molecule has 0 saturated heterocycles. The first kappa shape index (κ1) is 58.1. The third-order valence-corrected chi connectivity index (χ3v) is 11.9. The Hall–Kier alpha value is -1.92. The Morgan fingerprint density at radius 2 is 0.883 bits per heavy atom. The van der Waals surface area contributed by atoms with Crippen molar-refractivity contribution in [3.63, 3.8) is 0 Å². The van der Waals surface area contributed by atoms with E-state index in [-0.39, 0.29) is 24.9 Å². The zero-order valence-corrected chi connectivity index (χ0v) is 40.1. The molecule has 0 aliphatic heterocycles. The van der Waals surface area contributed by atoms with Crippen molar-refractivity contribution in [3.05, 3.63) is 36.5 Å². The molecular weight excluding hydrogens is 743 g/mol. The van der Waals surface area contributed by atoms with Gasteiger partial charge in [0.15, 0.2) is 0 Å². The molecule has 0 aliphatic rings. The summed E-state index contributed by atoms with van der Waals surface area (Å²) >= 11 is 0. The van der Waals surface area contributed by atoms with Crippen LogP contribution in [-0.2, 0) is 14.3 Å². The van der Waals surface area contributed by atoms with Gasteiger partial charge in [-0.15, -0.1) is 0 Å². The van der Waals surface area contributed by atoms with Crippen LogP contribution in [0.4, 0.5) is 0 Å². The van der Waals surface area contributed by atoms with Crippen LogP contribution in [0.3, 0.4) is 0 Å². The third kappa shape index (κ3) is 42.8. The van der Waals surface area contributed by atoms with Gasteiger partial charge in [-0.1, -0.05) is 231 Å². The molecule has 0 aliphatic carbocycles. The Morgan fingerprint density at radius 3 is 1.33 bits per heavy atom.